The Balaban J connectivity index is 0. The van der Waals surface area contributed by atoms with Crippen LogP contribution in [0.1, 0.15) is 13.8 Å². The molecule has 0 saturated heterocycles. The summed E-state index contributed by atoms with van der Waals surface area (Å²) in [6, 6.07) is 0.316. The highest BCUT2D eigenvalue weighted by molar-refractivity contribution is 6.17. The van der Waals surface area contributed by atoms with Gasteiger partial charge in [0.2, 0.25) is 0 Å². The molecular formula is C5H13ClO2. The fourth-order valence-corrected chi connectivity index (χ4v) is 0.231. The summed E-state index contributed by atoms with van der Waals surface area (Å²) in [5, 5.41) is 7.57. The lowest BCUT2D eigenvalue weighted by Gasteiger charge is -1.84. The lowest BCUT2D eigenvalue weighted by Crippen LogP contribution is -1.81. The van der Waals surface area contributed by atoms with E-state index >= 15 is 0 Å². The number of hydrogen-bond donors (Lipinski definition) is 1. The average molecular weight is 141 g/mol. The van der Waals surface area contributed by atoms with Gasteiger partial charge in [0.1, 0.15) is 6.07 Å². The molecule has 0 fully saturated rings. The average Bonchev–Trinajstić information content (AvgIpc) is 1.71. The number of halogens is 1. The van der Waals surface area contributed by atoms with Gasteiger partial charge in [-0.05, 0) is 13.8 Å². The van der Waals surface area contributed by atoms with E-state index in [4.69, 9.17) is 16.7 Å². The van der Waals surface area contributed by atoms with Crippen LogP contribution in [0.5, 0.6) is 0 Å². The standard InChI is InChI=1S/C3H7ClO.C2H6O/c1-2-5-3-4;1-2-3/h2-3H2,1H3;3H,2H2,1H3. The van der Waals surface area contributed by atoms with Crippen LogP contribution in [0, 0.1) is 0 Å². The van der Waals surface area contributed by atoms with Gasteiger partial charge in [0.15, 0.2) is 0 Å². The van der Waals surface area contributed by atoms with E-state index in [0.717, 1.165) is 0 Å². The third-order valence-electron chi connectivity index (χ3n) is 0.281. The molecule has 0 atom stereocenters. The monoisotopic (exact) mass is 140 g/mol. The first kappa shape index (κ1) is 11.1. The van der Waals surface area contributed by atoms with Crippen molar-refractivity contribution in [3.63, 3.8) is 0 Å². The molecule has 0 aromatic rings. The van der Waals surface area contributed by atoms with Gasteiger partial charge >= 0.3 is 0 Å². The summed E-state index contributed by atoms with van der Waals surface area (Å²) >= 11 is 5.08. The van der Waals surface area contributed by atoms with E-state index in [9.17, 15) is 0 Å². The first-order chi connectivity index (χ1) is 3.83. The van der Waals surface area contributed by atoms with Crippen LogP contribution in [0.4, 0.5) is 0 Å². The topological polar surface area (TPSA) is 29.5 Å². The summed E-state index contributed by atoms with van der Waals surface area (Å²) in [6.45, 7) is 4.55. The molecule has 0 radical (unpaired) electrons. The highest BCUT2D eigenvalue weighted by Gasteiger charge is 1.66. The van der Waals surface area contributed by atoms with Crippen molar-refractivity contribution in [3.05, 3.63) is 0 Å². The zero-order chi connectivity index (χ0) is 6.83. The number of aliphatic hydroxyl groups is 1. The largest absolute Gasteiger partial charge is 0.397 e. The van der Waals surface area contributed by atoms with Crippen molar-refractivity contribution < 1.29 is 9.84 Å². The normalized spacial score (nSPS) is 7.50. The van der Waals surface area contributed by atoms with Crippen molar-refractivity contribution in [2.75, 3.05) is 19.3 Å². The molecule has 0 heterocycles. The number of rotatable bonds is 2. The van der Waals surface area contributed by atoms with Crippen molar-refractivity contribution in [1.29, 1.82) is 0 Å². The molecule has 0 aromatic heterocycles. The summed E-state index contributed by atoms with van der Waals surface area (Å²) < 4.78 is 4.60. The number of alkyl halides is 1. The Morgan fingerprint density at radius 2 is 1.88 bits per heavy atom. The zero-order valence-electron chi connectivity index (χ0n) is 5.35. The Morgan fingerprint density at radius 1 is 1.50 bits per heavy atom. The van der Waals surface area contributed by atoms with E-state index in [1.54, 1.807) is 6.92 Å². The summed E-state index contributed by atoms with van der Waals surface area (Å²) in [7, 11) is 0. The molecule has 0 aliphatic carbocycles. The highest BCUT2D eigenvalue weighted by atomic mass is 35.5. The second kappa shape index (κ2) is 15.7. The summed E-state index contributed by atoms with van der Waals surface area (Å²) in [5.41, 5.74) is 0. The molecule has 3 heteroatoms. The van der Waals surface area contributed by atoms with E-state index in [-0.39, 0.29) is 6.61 Å². The molecule has 0 aliphatic rings. The Labute approximate surface area is 55.4 Å². The second-order valence-corrected chi connectivity index (χ2v) is 1.14. The predicted octanol–water partition coefficient (Wildman–Crippen LogP) is 1.22. The van der Waals surface area contributed by atoms with Crippen molar-refractivity contribution >= 4 is 11.6 Å². The van der Waals surface area contributed by atoms with E-state index in [0.29, 0.717) is 12.7 Å². The van der Waals surface area contributed by atoms with Gasteiger partial charge in [-0.2, -0.15) is 0 Å². The molecule has 0 aromatic carbocycles. The van der Waals surface area contributed by atoms with Crippen LogP contribution >= 0.6 is 11.6 Å². The first-order valence-corrected chi connectivity index (χ1v) is 3.11. The first-order valence-electron chi connectivity index (χ1n) is 2.58. The lowest BCUT2D eigenvalue weighted by atomic mass is 10.9. The van der Waals surface area contributed by atoms with Crippen LogP contribution in [0.25, 0.3) is 0 Å². The quantitative estimate of drug-likeness (QED) is 0.585. The van der Waals surface area contributed by atoms with Crippen LogP contribution in [0.2, 0.25) is 0 Å². The van der Waals surface area contributed by atoms with Crippen LogP contribution < -0.4 is 0 Å². The van der Waals surface area contributed by atoms with Gasteiger partial charge in [-0.3, -0.25) is 0 Å². The molecule has 0 rings (SSSR count). The zero-order valence-corrected chi connectivity index (χ0v) is 6.11. The fourth-order valence-electron chi connectivity index (χ4n) is 0.0772. The Morgan fingerprint density at radius 3 is 1.88 bits per heavy atom. The number of aliphatic hydroxyl groups excluding tert-OH is 1. The summed E-state index contributed by atoms with van der Waals surface area (Å²) in [5.74, 6) is 0. The summed E-state index contributed by atoms with van der Waals surface area (Å²) in [6.07, 6.45) is 0. The third-order valence-corrected chi connectivity index (χ3v) is 0.436. The predicted molar refractivity (Wildman–Crippen MR) is 35.1 cm³/mol. The molecule has 0 unspecified atom stereocenters. The molecule has 0 saturated carbocycles. The molecule has 8 heavy (non-hydrogen) atoms. The SMILES string of the molecule is CCO.CCOCCl. The minimum Gasteiger partial charge on any atom is -0.397 e. The van der Waals surface area contributed by atoms with Crippen LogP contribution in [0.15, 0.2) is 0 Å². The molecule has 52 valence electrons. The van der Waals surface area contributed by atoms with E-state index in [2.05, 4.69) is 4.74 Å². The van der Waals surface area contributed by atoms with Gasteiger partial charge in [0.05, 0.1) is 0 Å². The van der Waals surface area contributed by atoms with Gasteiger partial charge < -0.3 is 9.84 Å². The molecule has 1 N–H and O–H groups in total. The number of hydrogen-bond acceptors (Lipinski definition) is 2. The maximum Gasteiger partial charge on any atom is 0.120 e. The van der Waals surface area contributed by atoms with E-state index < -0.39 is 0 Å². The minimum atomic E-state index is 0.250. The van der Waals surface area contributed by atoms with Crippen molar-refractivity contribution in [2.45, 2.75) is 13.8 Å². The van der Waals surface area contributed by atoms with Crippen LogP contribution in [-0.4, -0.2) is 24.4 Å². The Hall–Kier alpha value is 0.210. The maximum absolute atomic E-state index is 7.57. The van der Waals surface area contributed by atoms with Crippen molar-refractivity contribution in [1.82, 2.24) is 0 Å². The second-order valence-electron chi connectivity index (χ2n) is 0.918. The molecule has 0 spiro atoms. The maximum atomic E-state index is 7.57. The molecule has 0 amide bonds. The molecule has 2 nitrogen and oxygen atoms in total. The Bertz CT molecular complexity index is 24.4. The van der Waals surface area contributed by atoms with Gasteiger partial charge in [-0.25, -0.2) is 0 Å². The van der Waals surface area contributed by atoms with E-state index in [1.807, 2.05) is 6.92 Å². The number of ether oxygens (including phenoxy) is 1. The molecular weight excluding hydrogens is 128 g/mol. The minimum absolute atomic E-state index is 0.250. The van der Waals surface area contributed by atoms with Gasteiger partial charge in [-0.15, -0.1) is 0 Å². The van der Waals surface area contributed by atoms with Crippen molar-refractivity contribution in [2.24, 2.45) is 0 Å². The third kappa shape index (κ3) is 34.5. The van der Waals surface area contributed by atoms with Gasteiger partial charge in [-0.1, -0.05) is 11.6 Å². The lowest BCUT2D eigenvalue weighted by molar-refractivity contribution is 0.195. The van der Waals surface area contributed by atoms with Crippen LogP contribution in [-0.2, 0) is 4.74 Å². The fraction of sp³-hybridized carbons (Fsp3) is 1.00. The Kier molecular flexibility index (Phi) is 21.7. The van der Waals surface area contributed by atoms with Crippen LogP contribution in [0.3, 0.4) is 0 Å². The van der Waals surface area contributed by atoms with Crippen molar-refractivity contribution in [3.8, 4) is 0 Å². The highest BCUT2D eigenvalue weighted by Crippen LogP contribution is 1.73. The summed E-state index contributed by atoms with van der Waals surface area (Å²) in [4.78, 5) is 0. The van der Waals surface area contributed by atoms with Gasteiger partial charge in [0.25, 0.3) is 0 Å². The van der Waals surface area contributed by atoms with E-state index in [1.165, 1.54) is 0 Å². The van der Waals surface area contributed by atoms with Gasteiger partial charge in [0, 0.05) is 13.2 Å². The smallest absolute Gasteiger partial charge is 0.120 e. The molecule has 0 aliphatic heterocycles. The molecule has 0 bridgehead atoms.